The standard InChI is InChI=1S/C9H14N2O4S/c1-16(13,14)11-8(12)9(5-6-10)4-2-3-7-15-9/h2-5,7H2,1H3,(H,11,12). The molecule has 0 spiro atoms. The maximum absolute atomic E-state index is 11.8. The van der Waals surface area contributed by atoms with E-state index >= 15 is 0 Å². The Morgan fingerprint density at radius 2 is 2.25 bits per heavy atom. The normalized spacial score (nSPS) is 25.8. The van der Waals surface area contributed by atoms with E-state index in [-0.39, 0.29) is 6.42 Å². The molecule has 0 aliphatic carbocycles. The van der Waals surface area contributed by atoms with E-state index in [1.54, 1.807) is 0 Å². The van der Waals surface area contributed by atoms with Crippen LogP contribution < -0.4 is 4.72 Å². The molecule has 1 N–H and O–H groups in total. The SMILES string of the molecule is CS(=O)(=O)NC(=O)C1(CC#N)CCCCO1. The minimum atomic E-state index is -3.62. The lowest BCUT2D eigenvalue weighted by Crippen LogP contribution is -2.51. The van der Waals surface area contributed by atoms with E-state index in [1.165, 1.54) is 0 Å². The molecule has 1 saturated heterocycles. The third-order valence-corrected chi connectivity index (χ3v) is 2.97. The number of nitriles is 1. The van der Waals surface area contributed by atoms with Gasteiger partial charge in [-0.3, -0.25) is 9.52 Å². The predicted molar refractivity (Wildman–Crippen MR) is 55.8 cm³/mol. The minimum Gasteiger partial charge on any atom is -0.364 e. The van der Waals surface area contributed by atoms with Gasteiger partial charge in [-0.05, 0) is 19.3 Å². The number of carbonyl (C=O) groups excluding carboxylic acids is 1. The third kappa shape index (κ3) is 3.18. The summed E-state index contributed by atoms with van der Waals surface area (Å²) < 4.78 is 29.1. The molecule has 0 saturated carbocycles. The number of nitrogens with one attached hydrogen (secondary N) is 1. The van der Waals surface area contributed by atoms with Gasteiger partial charge in [-0.2, -0.15) is 5.26 Å². The lowest BCUT2D eigenvalue weighted by Gasteiger charge is -2.33. The Balaban J connectivity index is 2.85. The van der Waals surface area contributed by atoms with E-state index in [2.05, 4.69) is 0 Å². The molecule has 7 heteroatoms. The van der Waals surface area contributed by atoms with Crippen molar-refractivity contribution in [1.29, 1.82) is 5.26 Å². The topological polar surface area (TPSA) is 96.3 Å². The number of amides is 1. The van der Waals surface area contributed by atoms with E-state index < -0.39 is 21.5 Å². The summed E-state index contributed by atoms with van der Waals surface area (Å²) in [5.41, 5.74) is -1.30. The van der Waals surface area contributed by atoms with Gasteiger partial charge in [0.25, 0.3) is 5.91 Å². The molecule has 6 nitrogen and oxygen atoms in total. The van der Waals surface area contributed by atoms with Crippen LogP contribution in [-0.4, -0.2) is 32.8 Å². The van der Waals surface area contributed by atoms with Crippen LogP contribution in [0, 0.1) is 11.3 Å². The lowest BCUT2D eigenvalue weighted by molar-refractivity contribution is -0.150. The summed E-state index contributed by atoms with van der Waals surface area (Å²) in [6.45, 7) is 0.374. The summed E-state index contributed by atoms with van der Waals surface area (Å²) in [7, 11) is -3.62. The average Bonchev–Trinajstić information content (AvgIpc) is 2.17. The van der Waals surface area contributed by atoms with Gasteiger partial charge in [0, 0.05) is 6.61 Å². The highest BCUT2D eigenvalue weighted by atomic mass is 32.2. The van der Waals surface area contributed by atoms with Crippen LogP contribution in [0.1, 0.15) is 25.7 Å². The molecule has 1 aliphatic rings. The number of sulfonamides is 1. The first kappa shape index (κ1) is 12.9. The molecule has 1 amide bonds. The van der Waals surface area contributed by atoms with Crippen molar-refractivity contribution in [2.75, 3.05) is 12.9 Å². The van der Waals surface area contributed by atoms with E-state index in [1.807, 2.05) is 10.8 Å². The molecule has 1 atom stereocenters. The first-order valence-corrected chi connectivity index (χ1v) is 6.82. The Kier molecular flexibility index (Phi) is 3.88. The van der Waals surface area contributed by atoms with Crippen molar-refractivity contribution in [3.05, 3.63) is 0 Å². The minimum absolute atomic E-state index is 0.131. The van der Waals surface area contributed by atoms with Gasteiger partial charge in [-0.15, -0.1) is 0 Å². The largest absolute Gasteiger partial charge is 0.364 e. The summed E-state index contributed by atoms with van der Waals surface area (Å²) in [5, 5.41) is 8.67. The van der Waals surface area contributed by atoms with Crippen LogP contribution in [0.15, 0.2) is 0 Å². The second-order valence-corrected chi connectivity index (χ2v) is 5.59. The van der Waals surface area contributed by atoms with Gasteiger partial charge in [0.1, 0.15) is 0 Å². The highest BCUT2D eigenvalue weighted by molar-refractivity contribution is 7.89. The molecule has 0 aromatic rings. The van der Waals surface area contributed by atoms with Gasteiger partial charge in [-0.25, -0.2) is 8.42 Å². The first-order chi connectivity index (χ1) is 7.40. The number of hydrogen-bond donors (Lipinski definition) is 1. The Hall–Kier alpha value is -1.13. The maximum atomic E-state index is 11.8. The predicted octanol–water partition coefficient (Wildman–Crippen LogP) is -0.0848. The number of rotatable bonds is 3. The summed E-state index contributed by atoms with van der Waals surface area (Å²) >= 11 is 0. The Bertz CT molecular complexity index is 404. The number of hydrogen-bond acceptors (Lipinski definition) is 5. The highest BCUT2D eigenvalue weighted by Gasteiger charge is 2.42. The Morgan fingerprint density at radius 1 is 1.56 bits per heavy atom. The second-order valence-electron chi connectivity index (χ2n) is 3.84. The molecule has 16 heavy (non-hydrogen) atoms. The summed E-state index contributed by atoms with van der Waals surface area (Å²) in [4.78, 5) is 11.8. The Morgan fingerprint density at radius 3 is 2.69 bits per heavy atom. The van der Waals surface area contributed by atoms with Gasteiger partial charge >= 0.3 is 0 Å². The molecule has 1 heterocycles. The zero-order valence-corrected chi connectivity index (χ0v) is 9.84. The summed E-state index contributed by atoms with van der Waals surface area (Å²) in [5.74, 6) is -0.740. The van der Waals surface area contributed by atoms with Crippen molar-refractivity contribution in [2.24, 2.45) is 0 Å². The molecular weight excluding hydrogens is 232 g/mol. The van der Waals surface area contributed by atoms with Gasteiger partial charge in [0.15, 0.2) is 5.60 Å². The maximum Gasteiger partial charge on any atom is 0.266 e. The van der Waals surface area contributed by atoms with Crippen LogP contribution in [-0.2, 0) is 19.6 Å². The first-order valence-electron chi connectivity index (χ1n) is 4.93. The molecule has 0 bridgehead atoms. The van der Waals surface area contributed by atoms with Gasteiger partial charge in [-0.1, -0.05) is 0 Å². The van der Waals surface area contributed by atoms with Crippen molar-refractivity contribution < 1.29 is 17.9 Å². The van der Waals surface area contributed by atoms with Crippen molar-refractivity contribution in [2.45, 2.75) is 31.3 Å². The summed E-state index contributed by atoms with van der Waals surface area (Å²) in [6, 6.07) is 1.86. The molecule has 1 unspecified atom stereocenters. The summed E-state index contributed by atoms with van der Waals surface area (Å²) in [6.07, 6.45) is 2.71. The molecule has 0 aromatic heterocycles. The van der Waals surface area contributed by atoms with Crippen LogP contribution >= 0.6 is 0 Å². The fourth-order valence-corrected chi connectivity index (χ4v) is 2.16. The quantitative estimate of drug-likeness (QED) is 0.751. The number of ether oxygens (including phenoxy) is 1. The molecule has 0 radical (unpaired) electrons. The second kappa shape index (κ2) is 4.80. The van der Waals surface area contributed by atoms with E-state index in [9.17, 15) is 13.2 Å². The molecule has 90 valence electrons. The number of nitrogens with zero attached hydrogens (tertiary/aromatic N) is 1. The van der Waals surface area contributed by atoms with Crippen molar-refractivity contribution in [3.63, 3.8) is 0 Å². The van der Waals surface area contributed by atoms with Gasteiger partial charge < -0.3 is 4.74 Å². The van der Waals surface area contributed by atoms with Crippen molar-refractivity contribution in [1.82, 2.24) is 4.72 Å². The molecular formula is C9H14N2O4S. The van der Waals surface area contributed by atoms with Crippen LogP contribution in [0.5, 0.6) is 0 Å². The molecule has 1 aliphatic heterocycles. The lowest BCUT2D eigenvalue weighted by atomic mass is 9.90. The smallest absolute Gasteiger partial charge is 0.266 e. The fraction of sp³-hybridized carbons (Fsp3) is 0.778. The van der Waals surface area contributed by atoms with Crippen LogP contribution in [0.3, 0.4) is 0 Å². The Labute approximate surface area is 94.6 Å². The molecule has 0 aromatic carbocycles. The number of carbonyl (C=O) groups is 1. The van der Waals surface area contributed by atoms with Crippen LogP contribution in [0.4, 0.5) is 0 Å². The van der Waals surface area contributed by atoms with Crippen LogP contribution in [0.2, 0.25) is 0 Å². The fourth-order valence-electron chi connectivity index (χ4n) is 1.64. The van der Waals surface area contributed by atoms with E-state index in [0.717, 1.165) is 19.1 Å². The zero-order valence-electron chi connectivity index (χ0n) is 9.02. The zero-order chi connectivity index (χ0) is 12.2. The average molecular weight is 246 g/mol. The highest BCUT2D eigenvalue weighted by Crippen LogP contribution is 2.28. The van der Waals surface area contributed by atoms with Crippen LogP contribution in [0.25, 0.3) is 0 Å². The van der Waals surface area contributed by atoms with Crippen molar-refractivity contribution >= 4 is 15.9 Å². The third-order valence-electron chi connectivity index (χ3n) is 2.41. The monoisotopic (exact) mass is 246 g/mol. The van der Waals surface area contributed by atoms with Crippen molar-refractivity contribution in [3.8, 4) is 6.07 Å². The van der Waals surface area contributed by atoms with E-state index in [4.69, 9.17) is 10.00 Å². The van der Waals surface area contributed by atoms with Gasteiger partial charge in [0.2, 0.25) is 10.0 Å². The van der Waals surface area contributed by atoms with E-state index in [0.29, 0.717) is 13.0 Å². The van der Waals surface area contributed by atoms with Gasteiger partial charge in [0.05, 0.1) is 18.7 Å². The molecule has 1 rings (SSSR count). The molecule has 1 fully saturated rings.